The molecule has 0 bridgehead atoms. The number of aryl methyl sites for hydroxylation is 4. The Morgan fingerprint density at radius 2 is 1.04 bits per heavy atom. The Hall–Kier alpha value is -4.59. The summed E-state index contributed by atoms with van der Waals surface area (Å²) >= 11 is 0. The highest BCUT2D eigenvalue weighted by Gasteiger charge is 2.34. The summed E-state index contributed by atoms with van der Waals surface area (Å²) in [4.78, 5) is 4.57. The molecule has 0 aliphatic carbocycles. The second-order valence-electron chi connectivity index (χ2n) is 12.8. The van der Waals surface area contributed by atoms with Crippen LogP contribution in [0, 0.1) is 27.7 Å². The van der Waals surface area contributed by atoms with E-state index in [1.165, 1.54) is 39.7 Å². The van der Waals surface area contributed by atoms with Crippen LogP contribution in [0.25, 0.3) is 0 Å². The molecule has 1 aliphatic rings. The molecule has 7 heteroatoms. The third-order valence-corrected chi connectivity index (χ3v) is 10.2. The van der Waals surface area contributed by atoms with Crippen molar-refractivity contribution < 1.29 is 17.7 Å². The second-order valence-corrected chi connectivity index (χ2v) is 14.2. The van der Waals surface area contributed by atoms with Crippen molar-refractivity contribution in [2.75, 3.05) is 22.9 Å². The topological polar surface area (TPSA) is 70.1 Å². The molecule has 6 rings (SSSR count). The van der Waals surface area contributed by atoms with Gasteiger partial charge in [-0.05, 0) is 86.6 Å². The van der Waals surface area contributed by atoms with E-state index in [2.05, 4.69) is 112 Å². The molecular formula is C41H44N2O4S. The first kappa shape index (κ1) is 33.3. The normalized spacial score (nSPS) is 12.6. The third-order valence-electron chi connectivity index (χ3n) is 9.28. The number of para-hydroxylation sites is 2. The molecule has 6 nitrogen and oxygen atoms in total. The molecule has 5 aromatic rings. The predicted octanol–water partition coefficient (Wildman–Crippen LogP) is 10.5. The van der Waals surface area contributed by atoms with Gasteiger partial charge in [0.15, 0.2) is 0 Å². The number of anilines is 4. The first-order valence-corrected chi connectivity index (χ1v) is 18.2. The van der Waals surface area contributed by atoms with Crippen LogP contribution in [-0.4, -0.2) is 26.1 Å². The minimum atomic E-state index is -4.49. The Bertz CT molecular complexity index is 1940. The number of hydrogen-bond acceptors (Lipinski definition) is 5. The van der Waals surface area contributed by atoms with E-state index in [0.717, 1.165) is 48.4 Å². The maximum atomic E-state index is 12.7. The SMILES string of the molecule is CCCN(c1ccc2c(c1)Oc1cc(N(CCC)c3c(C)cccc3C)ccc1C2c1ccccc1S(=O)(=O)O)c1c(C)cccc1C. The zero-order valence-corrected chi connectivity index (χ0v) is 29.4. The number of hydrogen-bond donors (Lipinski definition) is 1. The van der Waals surface area contributed by atoms with Crippen molar-refractivity contribution in [3.8, 4) is 11.5 Å². The Morgan fingerprint density at radius 1 is 0.604 bits per heavy atom. The molecule has 1 N–H and O–H groups in total. The lowest BCUT2D eigenvalue weighted by atomic mass is 9.82. The van der Waals surface area contributed by atoms with Crippen molar-refractivity contribution in [3.63, 3.8) is 0 Å². The zero-order valence-electron chi connectivity index (χ0n) is 28.6. The molecule has 0 amide bonds. The molecule has 5 aromatic carbocycles. The van der Waals surface area contributed by atoms with Crippen molar-refractivity contribution in [3.05, 3.63) is 136 Å². The van der Waals surface area contributed by atoms with Gasteiger partial charge in [0.2, 0.25) is 0 Å². The van der Waals surface area contributed by atoms with Crippen molar-refractivity contribution in [1.29, 1.82) is 0 Å². The lowest BCUT2D eigenvalue weighted by Gasteiger charge is -2.34. The van der Waals surface area contributed by atoms with Crippen LogP contribution in [0.4, 0.5) is 22.7 Å². The first-order chi connectivity index (χ1) is 23.0. The second kappa shape index (κ2) is 13.5. The summed E-state index contributed by atoms with van der Waals surface area (Å²) in [6.07, 6.45) is 1.90. The summed E-state index contributed by atoms with van der Waals surface area (Å²) in [6.45, 7) is 14.5. The highest BCUT2D eigenvalue weighted by Crippen LogP contribution is 2.51. The van der Waals surface area contributed by atoms with E-state index < -0.39 is 16.0 Å². The fourth-order valence-electron chi connectivity index (χ4n) is 7.26. The van der Waals surface area contributed by atoms with Gasteiger partial charge in [0, 0.05) is 65.0 Å². The van der Waals surface area contributed by atoms with Crippen LogP contribution in [0.15, 0.2) is 102 Å². The maximum Gasteiger partial charge on any atom is 0.294 e. The number of ether oxygens (including phenoxy) is 1. The highest BCUT2D eigenvalue weighted by atomic mass is 32.2. The minimum absolute atomic E-state index is 0.103. The van der Waals surface area contributed by atoms with Crippen LogP contribution < -0.4 is 14.5 Å². The van der Waals surface area contributed by atoms with Gasteiger partial charge in [-0.25, -0.2) is 0 Å². The average Bonchev–Trinajstić information content (AvgIpc) is 3.05. The largest absolute Gasteiger partial charge is 0.457 e. The molecule has 0 saturated heterocycles. The smallest absolute Gasteiger partial charge is 0.294 e. The summed E-state index contributed by atoms with van der Waals surface area (Å²) < 4.78 is 42.6. The average molecular weight is 661 g/mol. The number of benzene rings is 5. The van der Waals surface area contributed by atoms with Crippen molar-refractivity contribution in [1.82, 2.24) is 0 Å². The van der Waals surface area contributed by atoms with Crippen molar-refractivity contribution in [2.45, 2.75) is 65.2 Å². The summed E-state index contributed by atoms with van der Waals surface area (Å²) in [6, 6.07) is 31.8. The summed E-state index contributed by atoms with van der Waals surface area (Å²) in [7, 11) is -4.49. The van der Waals surface area contributed by atoms with E-state index in [-0.39, 0.29) is 4.90 Å². The Morgan fingerprint density at radius 3 is 1.46 bits per heavy atom. The molecule has 0 fully saturated rings. The lowest BCUT2D eigenvalue weighted by Crippen LogP contribution is -2.22. The maximum absolute atomic E-state index is 12.7. The van der Waals surface area contributed by atoms with Gasteiger partial charge < -0.3 is 14.5 Å². The molecule has 0 saturated carbocycles. The van der Waals surface area contributed by atoms with Gasteiger partial charge >= 0.3 is 0 Å². The van der Waals surface area contributed by atoms with E-state index in [1.54, 1.807) is 12.1 Å². The predicted molar refractivity (Wildman–Crippen MR) is 197 cm³/mol. The van der Waals surface area contributed by atoms with Gasteiger partial charge in [-0.1, -0.05) is 80.6 Å². The molecule has 0 unspecified atom stereocenters. The molecule has 0 spiro atoms. The Labute approximate surface area is 285 Å². The van der Waals surface area contributed by atoms with Crippen LogP contribution in [0.5, 0.6) is 11.5 Å². The van der Waals surface area contributed by atoms with Gasteiger partial charge in [0.05, 0.1) is 4.90 Å². The highest BCUT2D eigenvalue weighted by molar-refractivity contribution is 7.85. The number of rotatable bonds is 10. The molecule has 0 atom stereocenters. The fraction of sp³-hybridized carbons (Fsp3) is 0.268. The summed E-state index contributed by atoms with van der Waals surface area (Å²) in [5.74, 6) is 0.840. The molecule has 0 radical (unpaired) electrons. The standard InChI is InChI=1S/C41H44N2O4S/c1-7-23-42(40-27(3)13-11-14-28(40)4)31-19-21-33-36(25-31)47-37-26-32(43(24-8-2)41-29(5)15-12-16-30(41)6)20-22-34(37)39(33)35-17-9-10-18-38(35)48(44,45)46/h9-22,25-26,39H,7-8,23-24H2,1-6H3,(H,44,45,46). The van der Waals surface area contributed by atoms with Crippen LogP contribution >= 0.6 is 0 Å². The molecule has 48 heavy (non-hydrogen) atoms. The quantitative estimate of drug-likeness (QED) is 0.148. The van der Waals surface area contributed by atoms with Crippen molar-refractivity contribution >= 4 is 32.9 Å². The Balaban J connectivity index is 1.56. The monoisotopic (exact) mass is 660 g/mol. The minimum Gasteiger partial charge on any atom is -0.457 e. The van der Waals surface area contributed by atoms with E-state index in [1.807, 2.05) is 18.2 Å². The molecular weight excluding hydrogens is 617 g/mol. The molecule has 0 aromatic heterocycles. The molecule has 248 valence electrons. The van der Waals surface area contributed by atoms with Gasteiger partial charge in [-0.2, -0.15) is 8.42 Å². The Kier molecular flexibility index (Phi) is 9.37. The van der Waals surface area contributed by atoms with Gasteiger partial charge in [-0.15, -0.1) is 0 Å². The lowest BCUT2D eigenvalue weighted by molar-refractivity contribution is 0.451. The van der Waals surface area contributed by atoms with Gasteiger partial charge in [0.25, 0.3) is 10.1 Å². The summed E-state index contributed by atoms with van der Waals surface area (Å²) in [5.41, 5.74) is 11.3. The first-order valence-electron chi connectivity index (χ1n) is 16.7. The van der Waals surface area contributed by atoms with Gasteiger partial charge in [0.1, 0.15) is 11.5 Å². The van der Waals surface area contributed by atoms with E-state index in [0.29, 0.717) is 17.1 Å². The van der Waals surface area contributed by atoms with E-state index in [4.69, 9.17) is 4.74 Å². The zero-order chi connectivity index (χ0) is 34.2. The third kappa shape index (κ3) is 6.20. The molecule has 1 heterocycles. The van der Waals surface area contributed by atoms with Crippen LogP contribution in [-0.2, 0) is 10.1 Å². The van der Waals surface area contributed by atoms with Gasteiger partial charge in [-0.3, -0.25) is 4.55 Å². The van der Waals surface area contributed by atoms with Crippen LogP contribution in [0.2, 0.25) is 0 Å². The van der Waals surface area contributed by atoms with Crippen LogP contribution in [0.1, 0.15) is 71.6 Å². The number of nitrogens with zero attached hydrogens (tertiary/aromatic N) is 2. The van der Waals surface area contributed by atoms with Crippen LogP contribution in [0.3, 0.4) is 0 Å². The van der Waals surface area contributed by atoms with Crippen molar-refractivity contribution in [2.24, 2.45) is 0 Å². The van der Waals surface area contributed by atoms with E-state index in [9.17, 15) is 13.0 Å². The fourth-order valence-corrected chi connectivity index (χ4v) is 7.99. The summed E-state index contributed by atoms with van der Waals surface area (Å²) in [5, 5.41) is 0. The molecule has 1 aliphatic heterocycles. The number of fused-ring (bicyclic) bond motifs is 2. The van der Waals surface area contributed by atoms with E-state index >= 15 is 0 Å².